The lowest BCUT2D eigenvalue weighted by Gasteiger charge is -2.40. The molecule has 0 aromatic heterocycles. The minimum atomic E-state index is 0.0577. The number of Topliss-reactive ketones (excluding diaryl/α,β-unsaturated/α-hetero) is 1. The van der Waals surface area contributed by atoms with Crippen LogP contribution in [0, 0.1) is 12.3 Å². The van der Waals surface area contributed by atoms with Crippen molar-refractivity contribution in [3.05, 3.63) is 34.4 Å². The van der Waals surface area contributed by atoms with Gasteiger partial charge in [0.1, 0.15) is 5.75 Å². The molecule has 0 fully saturated rings. The number of allylic oxidation sites excluding steroid dienone is 2. The number of phenols is 1. The summed E-state index contributed by atoms with van der Waals surface area (Å²) in [6, 6.07) is 3.77. The van der Waals surface area contributed by atoms with E-state index >= 15 is 0 Å². The van der Waals surface area contributed by atoms with Crippen LogP contribution in [0.4, 0.5) is 0 Å². The number of unbranched alkanes of at least 4 members (excludes halogenated alkanes) is 1. The van der Waals surface area contributed by atoms with E-state index in [0.717, 1.165) is 30.4 Å². The molecule has 0 saturated heterocycles. The molecule has 0 saturated carbocycles. The number of hydrogen-bond acceptors (Lipinski definition) is 2. The first-order valence-corrected chi connectivity index (χ1v) is 8.36. The van der Waals surface area contributed by atoms with E-state index in [-0.39, 0.29) is 11.2 Å². The molecular formula is C20H28O2. The van der Waals surface area contributed by atoms with Crippen molar-refractivity contribution in [1.82, 2.24) is 0 Å². The molecule has 2 rings (SSSR count). The molecule has 1 atom stereocenters. The van der Waals surface area contributed by atoms with Gasteiger partial charge in [-0.05, 0) is 79.4 Å². The second kappa shape index (κ2) is 6.28. The topological polar surface area (TPSA) is 37.3 Å². The Bertz CT molecular complexity index is 625. The summed E-state index contributed by atoms with van der Waals surface area (Å²) in [5, 5.41) is 10.00. The Balaban J connectivity index is 2.67. The zero-order valence-corrected chi connectivity index (χ0v) is 14.5. The molecular weight excluding hydrogens is 272 g/mol. The van der Waals surface area contributed by atoms with E-state index in [1.807, 2.05) is 19.9 Å². The Kier molecular flexibility index (Phi) is 4.79. The number of phenolic OH excluding ortho intramolecular Hbond substituents is 1. The molecule has 0 radical (unpaired) electrons. The molecule has 1 unspecified atom stereocenters. The number of rotatable bonds is 4. The predicted octanol–water partition coefficient (Wildman–Crippen LogP) is 5.21. The van der Waals surface area contributed by atoms with Crippen LogP contribution in [-0.4, -0.2) is 10.9 Å². The van der Waals surface area contributed by atoms with Gasteiger partial charge in [-0.25, -0.2) is 0 Å². The molecule has 0 spiro atoms. The lowest BCUT2D eigenvalue weighted by molar-refractivity contribution is -0.113. The fraction of sp³-hybridized carbons (Fsp3) is 0.550. The molecule has 2 nitrogen and oxygen atoms in total. The highest BCUT2D eigenvalue weighted by atomic mass is 16.3. The zero-order chi connectivity index (χ0) is 16.5. The smallest absolute Gasteiger partial charge is 0.155 e. The van der Waals surface area contributed by atoms with Crippen molar-refractivity contribution in [3.8, 4) is 5.75 Å². The first-order valence-electron chi connectivity index (χ1n) is 8.36. The van der Waals surface area contributed by atoms with Gasteiger partial charge < -0.3 is 5.11 Å². The third kappa shape index (κ3) is 2.84. The van der Waals surface area contributed by atoms with Crippen LogP contribution in [0.15, 0.2) is 17.7 Å². The number of ketones is 1. The molecule has 0 amide bonds. The fourth-order valence-corrected chi connectivity index (χ4v) is 3.80. The second-order valence-corrected chi connectivity index (χ2v) is 6.96. The molecule has 120 valence electrons. The summed E-state index contributed by atoms with van der Waals surface area (Å²) in [7, 11) is 0. The Morgan fingerprint density at radius 3 is 2.59 bits per heavy atom. The average Bonchev–Trinajstić information content (AvgIpc) is 2.48. The Morgan fingerprint density at radius 2 is 2.00 bits per heavy atom. The van der Waals surface area contributed by atoms with E-state index in [1.54, 1.807) is 13.0 Å². The number of carbonyl (C=O) groups excluding carboxylic acids is 1. The monoisotopic (exact) mass is 300 g/mol. The summed E-state index contributed by atoms with van der Waals surface area (Å²) < 4.78 is 0. The molecule has 1 aromatic carbocycles. The molecule has 1 N–H and O–H groups in total. The van der Waals surface area contributed by atoms with E-state index in [0.29, 0.717) is 5.75 Å². The van der Waals surface area contributed by atoms with Crippen molar-refractivity contribution in [3.63, 3.8) is 0 Å². The van der Waals surface area contributed by atoms with Crippen LogP contribution in [0.2, 0.25) is 0 Å². The Morgan fingerprint density at radius 1 is 1.32 bits per heavy atom. The van der Waals surface area contributed by atoms with Gasteiger partial charge >= 0.3 is 0 Å². The van der Waals surface area contributed by atoms with E-state index in [4.69, 9.17) is 0 Å². The maximum atomic E-state index is 12.1. The minimum absolute atomic E-state index is 0.0577. The van der Waals surface area contributed by atoms with Crippen molar-refractivity contribution in [2.75, 3.05) is 0 Å². The summed E-state index contributed by atoms with van der Waals surface area (Å²) >= 11 is 0. The van der Waals surface area contributed by atoms with Gasteiger partial charge in [0.2, 0.25) is 0 Å². The number of carbonyl (C=O) groups is 1. The first-order chi connectivity index (χ1) is 10.3. The highest BCUT2D eigenvalue weighted by molar-refractivity contribution is 6.02. The van der Waals surface area contributed by atoms with Gasteiger partial charge in [0, 0.05) is 0 Å². The highest BCUT2D eigenvalue weighted by Crippen LogP contribution is 2.50. The standard InChI is InChI=1S/C20H28O2/c1-6-7-11-20(5)12-10-16-14(3)18(22)9-8-17(16)19(20)13(2)15(4)21/h8-9,22H,6-7,10-12H2,1-5H3. The van der Waals surface area contributed by atoms with E-state index in [9.17, 15) is 9.90 Å². The first kappa shape index (κ1) is 16.8. The van der Waals surface area contributed by atoms with Gasteiger partial charge in [-0.15, -0.1) is 0 Å². The van der Waals surface area contributed by atoms with E-state index < -0.39 is 0 Å². The van der Waals surface area contributed by atoms with Crippen molar-refractivity contribution in [2.24, 2.45) is 5.41 Å². The van der Waals surface area contributed by atoms with Crippen molar-refractivity contribution in [2.45, 2.75) is 66.7 Å². The summed E-state index contributed by atoms with van der Waals surface area (Å²) in [5.74, 6) is 0.507. The molecule has 2 heteroatoms. The maximum Gasteiger partial charge on any atom is 0.155 e. The summed E-state index contributed by atoms with van der Waals surface area (Å²) in [6.07, 6.45) is 5.48. The lowest BCUT2D eigenvalue weighted by atomic mass is 9.64. The number of aromatic hydroxyl groups is 1. The van der Waals surface area contributed by atoms with Gasteiger partial charge in [-0.1, -0.05) is 32.8 Å². The van der Waals surface area contributed by atoms with Crippen LogP contribution < -0.4 is 0 Å². The van der Waals surface area contributed by atoms with E-state index in [2.05, 4.69) is 13.8 Å². The number of hydrogen-bond donors (Lipinski definition) is 1. The van der Waals surface area contributed by atoms with Crippen molar-refractivity contribution >= 4 is 11.4 Å². The zero-order valence-electron chi connectivity index (χ0n) is 14.5. The van der Waals surface area contributed by atoms with Crippen LogP contribution in [0.3, 0.4) is 0 Å². The SMILES string of the molecule is CCCCC1(C)CCc2c(ccc(O)c2C)C1=C(C)C(C)=O. The van der Waals surface area contributed by atoms with Gasteiger partial charge in [-0.2, -0.15) is 0 Å². The fourth-order valence-electron chi connectivity index (χ4n) is 3.80. The molecule has 0 heterocycles. The predicted molar refractivity (Wildman–Crippen MR) is 92.1 cm³/mol. The van der Waals surface area contributed by atoms with Crippen LogP contribution in [0.1, 0.15) is 70.1 Å². The van der Waals surface area contributed by atoms with Gasteiger partial charge in [0.25, 0.3) is 0 Å². The highest BCUT2D eigenvalue weighted by Gasteiger charge is 2.36. The molecule has 1 aliphatic rings. The third-order valence-electron chi connectivity index (χ3n) is 5.35. The Hall–Kier alpha value is -1.57. The molecule has 22 heavy (non-hydrogen) atoms. The van der Waals surface area contributed by atoms with Crippen molar-refractivity contribution in [1.29, 1.82) is 0 Å². The normalized spacial score (nSPS) is 23.1. The van der Waals surface area contributed by atoms with Gasteiger partial charge in [-0.3, -0.25) is 4.79 Å². The van der Waals surface area contributed by atoms with Crippen LogP contribution in [0.25, 0.3) is 5.57 Å². The molecule has 1 aromatic rings. The van der Waals surface area contributed by atoms with Crippen LogP contribution in [0.5, 0.6) is 5.75 Å². The second-order valence-electron chi connectivity index (χ2n) is 6.96. The third-order valence-corrected chi connectivity index (χ3v) is 5.35. The summed E-state index contributed by atoms with van der Waals surface area (Å²) in [6.45, 7) is 10.1. The number of benzene rings is 1. The molecule has 0 bridgehead atoms. The maximum absolute atomic E-state index is 12.1. The van der Waals surface area contributed by atoms with Crippen molar-refractivity contribution < 1.29 is 9.90 Å². The summed E-state index contributed by atoms with van der Waals surface area (Å²) in [5.41, 5.74) is 5.49. The average molecular weight is 300 g/mol. The van der Waals surface area contributed by atoms with Crippen LogP contribution >= 0.6 is 0 Å². The molecule has 1 aliphatic carbocycles. The van der Waals surface area contributed by atoms with E-state index in [1.165, 1.54) is 29.5 Å². The van der Waals surface area contributed by atoms with Gasteiger partial charge in [0.15, 0.2) is 5.78 Å². The minimum Gasteiger partial charge on any atom is -0.508 e. The number of fused-ring (bicyclic) bond motifs is 1. The quantitative estimate of drug-likeness (QED) is 0.775. The molecule has 0 aliphatic heterocycles. The van der Waals surface area contributed by atoms with Gasteiger partial charge in [0.05, 0.1) is 0 Å². The summed E-state index contributed by atoms with van der Waals surface area (Å²) in [4.78, 5) is 12.1. The van der Waals surface area contributed by atoms with Crippen LogP contribution in [-0.2, 0) is 11.2 Å². The lowest BCUT2D eigenvalue weighted by Crippen LogP contribution is -2.27. The largest absolute Gasteiger partial charge is 0.508 e. The Labute approximate surface area is 134 Å².